The number of nitrogens with two attached hydrogens (primary N) is 1. The molecule has 0 saturated carbocycles. The van der Waals surface area contributed by atoms with Gasteiger partial charge in [0, 0.05) is 44.5 Å². The van der Waals surface area contributed by atoms with Gasteiger partial charge in [0.15, 0.2) is 0 Å². The van der Waals surface area contributed by atoms with Crippen molar-refractivity contribution in [2.24, 2.45) is 11.7 Å². The standard InChI is InChI=1S/C18H27N5O2.CH2O2/c19-17(24)15-4-3-8-22(13-15)11-7-21-16-12-14(5-6-20-16)18(25)23-9-1-2-10-23;2-1-3/h5-6,12,15H,1-4,7-11,13H2,(H2,19,24)(H,20,21);1H,(H,2,3). The number of carbonyl (C=O) groups excluding carboxylic acids is 2. The highest BCUT2D eigenvalue weighted by atomic mass is 16.3. The molecule has 2 amide bonds. The first-order valence-electron chi connectivity index (χ1n) is 9.64. The van der Waals surface area contributed by atoms with Gasteiger partial charge in [-0.3, -0.25) is 14.4 Å². The van der Waals surface area contributed by atoms with Crippen molar-refractivity contribution in [1.29, 1.82) is 0 Å². The molecule has 1 atom stereocenters. The highest BCUT2D eigenvalue weighted by Gasteiger charge is 2.23. The predicted molar refractivity (Wildman–Crippen MR) is 105 cm³/mol. The van der Waals surface area contributed by atoms with E-state index in [1.165, 1.54) is 0 Å². The van der Waals surface area contributed by atoms with Gasteiger partial charge >= 0.3 is 0 Å². The highest BCUT2D eigenvalue weighted by molar-refractivity contribution is 5.95. The van der Waals surface area contributed by atoms with Crippen molar-refractivity contribution in [2.45, 2.75) is 25.7 Å². The molecule has 0 radical (unpaired) electrons. The number of amides is 2. The van der Waals surface area contributed by atoms with Gasteiger partial charge in [0.05, 0.1) is 5.92 Å². The Labute approximate surface area is 164 Å². The van der Waals surface area contributed by atoms with Crippen LogP contribution in [-0.2, 0) is 9.59 Å². The van der Waals surface area contributed by atoms with E-state index in [1.54, 1.807) is 12.3 Å². The smallest absolute Gasteiger partial charge is 0.290 e. The number of primary amides is 1. The summed E-state index contributed by atoms with van der Waals surface area (Å²) in [5, 5.41) is 10.2. The van der Waals surface area contributed by atoms with Crippen LogP contribution < -0.4 is 11.1 Å². The molecule has 0 aromatic carbocycles. The van der Waals surface area contributed by atoms with E-state index in [0.29, 0.717) is 11.4 Å². The van der Waals surface area contributed by atoms with Crippen molar-refractivity contribution in [1.82, 2.24) is 14.8 Å². The summed E-state index contributed by atoms with van der Waals surface area (Å²) in [7, 11) is 0. The fraction of sp³-hybridized carbons (Fsp3) is 0.579. The number of nitrogens with one attached hydrogen (secondary N) is 1. The molecule has 2 fully saturated rings. The number of aromatic nitrogens is 1. The molecular weight excluding hydrogens is 362 g/mol. The third-order valence-corrected chi connectivity index (χ3v) is 5.04. The molecule has 0 spiro atoms. The lowest BCUT2D eigenvalue weighted by Crippen LogP contribution is -2.42. The first-order valence-corrected chi connectivity index (χ1v) is 9.64. The molecule has 154 valence electrons. The molecule has 4 N–H and O–H groups in total. The summed E-state index contributed by atoms with van der Waals surface area (Å²) in [5.74, 6) is 0.567. The van der Waals surface area contributed by atoms with Crippen molar-refractivity contribution in [3.8, 4) is 0 Å². The number of piperidine rings is 1. The van der Waals surface area contributed by atoms with Crippen LogP contribution in [0.15, 0.2) is 18.3 Å². The summed E-state index contributed by atoms with van der Waals surface area (Å²) < 4.78 is 0. The van der Waals surface area contributed by atoms with Crippen LogP contribution in [0.3, 0.4) is 0 Å². The number of carbonyl (C=O) groups is 3. The topological polar surface area (TPSA) is 129 Å². The summed E-state index contributed by atoms with van der Waals surface area (Å²) in [6.45, 7) is 4.72. The Kier molecular flexibility index (Phi) is 8.67. The molecule has 2 aliphatic rings. The molecule has 1 aromatic heterocycles. The first-order chi connectivity index (χ1) is 13.5. The monoisotopic (exact) mass is 391 g/mol. The fourth-order valence-electron chi connectivity index (χ4n) is 3.60. The third-order valence-electron chi connectivity index (χ3n) is 5.04. The molecule has 1 aromatic rings. The number of carboxylic acid groups (broad SMARTS) is 1. The quantitative estimate of drug-likeness (QED) is 0.607. The van der Waals surface area contributed by atoms with Crippen LogP contribution in [0.25, 0.3) is 0 Å². The number of rotatable bonds is 6. The Balaban J connectivity index is 0.000000878. The lowest BCUT2D eigenvalue weighted by atomic mass is 9.97. The normalized spacial score (nSPS) is 19.4. The predicted octanol–water partition coefficient (Wildman–Crippen LogP) is 0.628. The summed E-state index contributed by atoms with van der Waals surface area (Å²) in [6.07, 6.45) is 5.75. The Morgan fingerprint density at radius 1 is 1.29 bits per heavy atom. The molecule has 9 nitrogen and oxygen atoms in total. The molecule has 0 aliphatic carbocycles. The van der Waals surface area contributed by atoms with Crippen LogP contribution >= 0.6 is 0 Å². The number of hydrogen-bond donors (Lipinski definition) is 3. The molecule has 3 rings (SSSR count). The number of hydrogen-bond acceptors (Lipinski definition) is 6. The molecular formula is C19H29N5O4. The SMILES string of the molecule is NC(=O)C1CCCN(CCNc2cc(C(=O)N3CCCC3)ccn2)C1.O=CO. The average molecular weight is 391 g/mol. The molecule has 2 saturated heterocycles. The van der Waals surface area contributed by atoms with Crippen molar-refractivity contribution in [3.63, 3.8) is 0 Å². The summed E-state index contributed by atoms with van der Waals surface area (Å²) in [5.41, 5.74) is 6.10. The van der Waals surface area contributed by atoms with E-state index in [4.69, 9.17) is 15.6 Å². The second-order valence-electron chi connectivity index (χ2n) is 7.00. The van der Waals surface area contributed by atoms with E-state index in [1.807, 2.05) is 11.0 Å². The second kappa shape index (κ2) is 11.2. The zero-order valence-electron chi connectivity index (χ0n) is 16.0. The summed E-state index contributed by atoms with van der Waals surface area (Å²) in [4.78, 5) is 40.6. The van der Waals surface area contributed by atoms with Crippen LogP contribution in [0.4, 0.5) is 5.82 Å². The number of anilines is 1. The van der Waals surface area contributed by atoms with Crippen LogP contribution in [0.1, 0.15) is 36.0 Å². The average Bonchev–Trinajstić information content (AvgIpc) is 3.23. The Morgan fingerprint density at radius 2 is 2.00 bits per heavy atom. The van der Waals surface area contributed by atoms with Crippen LogP contribution in [0.2, 0.25) is 0 Å². The van der Waals surface area contributed by atoms with Crippen molar-refractivity contribution in [3.05, 3.63) is 23.9 Å². The van der Waals surface area contributed by atoms with E-state index >= 15 is 0 Å². The van der Waals surface area contributed by atoms with Gasteiger partial charge in [0.1, 0.15) is 5.82 Å². The lowest BCUT2D eigenvalue weighted by molar-refractivity contribution is -0.124. The zero-order chi connectivity index (χ0) is 20.4. The largest absolute Gasteiger partial charge is 0.483 e. The number of pyridine rings is 1. The second-order valence-corrected chi connectivity index (χ2v) is 7.00. The summed E-state index contributed by atoms with van der Waals surface area (Å²) in [6, 6.07) is 3.59. The van der Waals surface area contributed by atoms with E-state index in [9.17, 15) is 9.59 Å². The van der Waals surface area contributed by atoms with Crippen LogP contribution in [0, 0.1) is 5.92 Å². The maximum absolute atomic E-state index is 12.4. The van der Waals surface area contributed by atoms with E-state index in [-0.39, 0.29) is 24.2 Å². The molecule has 0 bridgehead atoms. The van der Waals surface area contributed by atoms with Gasteiger partial charge in [-0.1, -0.05) is 0 Å². The zero-order valence-corrected chi connectivity index (χ0v) is 16.0. The van der Waals surface area contributed by atoms with Gasteiger partial charge in [-0.15, -0.1) is 0 Å². The van der Waals surface area contributed by atoms with Gasteiger partial charge < -0.3 is 26.0 Å². The molecule has 9 heteroatoms. The number of nitrogens with zero attached hydrogens (tertiary/aromatic N) is 3. The molecule has 2 aliphatic heterocycles. The van der Waals surface area contributed by atoms with Crippen molar-refractivity contribution >= 4 is 24.1 Å². The third kappa shape index (κ3) is 6.49. The molecule has 28 heavy (non-hydrogen) atoms. The first kappa shape index (κ1) is 21.6. The van der Waals surface area contributed by atoms with Gasteiger partial charge in [-0.05, 0) is 44.4 Å². The summed E-state index contributed by atoms with van der Waals surface area (Å²) >= 11 is 0. The van der Waals surface area contributed by atoms with Crippen LogP contribution in [0.5, 0.6) is 0 Å². The van der Waals surface area contributed by atoms with Gasteiger partial charge in [0.25, 0.3) is 12.4 Å². The van der Waals surface area contributed by atoms with E-state index in [2.05, 4.69) is 15.2 Å². The van der Waals surface area contributed by atoms with Crippen LogP contribution in [-0.4, -0.2) is 77.4 Å². The fourth-order valence-corrected chi connectivity index (χ4v) is 3.60. The van der Waals surface area contributed by atoms with E-state index < -0.39 is 0 Å². The van der Waals surface area contributed by atoms with E-state index in [0.717, 1.165) is 65.0 Å². The molecule has 1 unspecified atom stereocenters. The molecule has 3 heterocycles. The minimum absolute atomic E-state index is 0.0340. The van der Waals surface area contributed by atoms with Crippen molar-refractivity contribution < 1.29 is 19.5 Å². The maximum atomic E-state index is 12.4. The Hall–Kier alpha value is -2.68. The number of likely N-dealkylation sites (tertiary alicyclic amines) is 2. The van der Waals surface area contributed by atoms with Crippen molar-refractivity contribution in [2.75, 3.05) is 44.6 Å². The lowest BCUT2D eigenvalue weighted by Gasteiger charge is -2.31. The Bertz CT molecular complexity index is 663. The van der Waals surface area contributed by atoms with Gasteiger partial charge in [0.2, 0.25) is 5.91 Å². The maximum Gasteiger partial charge on any atom is 0.290 e. The highest BCUT2D eigenvalue weighted by Crippen LogP contribution is 2.16. The van der Waals surface area contributed by atoms with Gasteiger partial charge in [-0.2, -0.15) is 0 Å². The Morgan fingerprint density at radius 3 is 2.68 bits per heavy atom. The minimum atomic E-state index is -0.250. The minimum Gasteiger partial charge on any atom is -0.483 e. The van der Waals surface area contributed by atoms with Gasteiger partial charge in [-0.25, -0.2) is 4.98 Å².